The number of pyridine rings is 1. The minimum Gasteiger partial charge on any atom is -0.326 e. The van der Waals surface area contributed by atoms with Gasteiger partial charge in [0.1, 0.15) is 11.5 Å². The number of nitrogens with zero attached hydrogens (tertiary/aromatic N) is 7. The number of amides is 1. The second-order valence-corrected chi connectivity index (χ2v) is 10.4. The van der Waals surface area contributed by atoms with Gasteiger partial charge in [0.25, 0.3) is 5.91 Å². The van der Waals surface area contributed by atoms with E-state index in [0.29, 0.717) is 54.2 Å². The van der Waals surface area contributed by atoms with Gasteiger partial charge < -0.3 is 14.8 Å². The van der Waals surface area contributed by atoms with Gasteiger partial charge >= 0.3 is 6.18 Å². The van der Waals surface area contributed by atoms with Gasteiger partial charge in [-0.2, -0.15) is 32.0 Å². The summed E-state index contributed by atoms with van der Waals surface area (Å²) in [6.45, 7) is 0.899. The van der Waals surface area contributed by atoms with Crippen LogP contribution >= 0.6 is 0 Å². The molecule has 5 heterocycles. The third kappa shape index (κ3) is 6.41. The van der Waals surface area contributed by atoms with Crippen LogP contribution in [0, 0.1) is 17.7 Å². The largest absolute Gasteiger partial charge is 0.390 e. The summed E-state index contributed by atoms with van der Waals surface area (Å²) in [6, 6.07) is 10.7. The van der Waals surface area contributed by atoms with Crippen molar-refractivity contribution in [3.05, 3.63) is 84.3 Å². The summed E-state index contributed by atoms with van der Waals surface area (Å²) >= 11 is 0. The first kappa shape index (κ1) is 29.3. The number of benzene rings is 1. The summed E-state index contributed by atoms with van der Waals surface area (Å²) < 4.78 is 82.3. The van der Waals surface area contributed by atoms with Gasteiger partial charge in [0, 0.05) is 48.9 Å². The van der Waals surface area contributed by atoms with Crippen LogP contribution in [0.25, 0.3) is 28.3 Å². The van der Waals surface area contributed by atoms with Crippen LogP contribution in [0.15, 0.2) is 61.1 Å². The van der Waals surface area contributed by atoms with Gasteiger partial charge in [0.15, 0.2) is 11.5 Å². The molecule has 0 bridgehead atoms. The molecule has 6 rings (SSSR count). The molecule has 0 aliphatic carbocycles. The monoisotopic (exact) mass is 614 g/mol. The number of carbonyl (C=O) groups is 1. The van der Waals surface area contributed by atoms with E-state index >= 15 is 0 Å². The maximum atomic E-state index is 13.7. The van der Waals surface area contributed by atoms with Crippen molar-refractivity contribution >= 4 is 17.4 Å². The van der Waals surface area contributed by atoms with E-state index in [1.807, 2.05) is 4.57 Å². The molecule has 0 radical (unpaired) electrons. The van der Waals surface area contributed by atoms with Crippen LogP contribution in [0.5, 0.6) is 0 Å². The van der Waals surface area contributed by atoms with E-state index < -0.39 is 36.2 Å². The van der Waals surface area contributed by atoms with Crippen molar-refractivity contribution < 1.29 is 31.1 Å². The minimum absolute atomic E-state index is 0.0589. The number of carbonyl (C=O) groups excluding carboxylic acids is 1. The summed E-state index contributed by atoms with van der Waals surface area (Å²) in [4.78, 5) is 26.3. The fraction of sp³-hybridized carbons (Fsp3) is 0.276. The molecule has 0 saturated carbocycles. The standard InChI is InChI=1S/C29H24F6N8O/c30-19-3-1-17(2-4-19)26-27(42(16-36-26)20-7-10-41(11-8-20)12-9-29(33,34)35)21-5-6-25-38-24(15-43(25)40-21)39-28(44)18-13-22(31)37-23(32)14-18/h1-6,13-16,20H,7-12H2,(H,39,44). The topological polar surface area (TPSA) is 93.2 Å². The Morgan fingerprint density at radius 1 is 0.955 bits per heavy atom. The van der Waals surface area contributed by atoms with Gasteiger partial charge in [-0.1, -0.05) is 0 Å². The third-order valence-electron chi connectivity index (χ3n) is 7.40. The van der Waals surface area contributed by atoms with E-state index in [2.05, 4.69) is 25.4 Å². The van der Waals surface area contributed by atoms with E-state index in [1.54, 1.807) is 35.5 Å². The van der Waals surface area contributed by atoms with Crippen molar-refractivity contribution in [2.75, 3.05) is 25.0 Å². The van der Waals surface area contributed by atoms with Crippen molar-refractivity contribution in [2.24, 2.45) is 0 Å². The first-order valence-electron chi connectivity index (χ1n) is 13.7. The fourth-order valence-corrected chi connectivity index (χ4v) is 5.27. The molecule has 1 N–H and O–H groups in total. The molecular weight excluding hydrogens is 590 g/mol. The van der Waals surface area contributed by atoms with Gasteiger partial charge in [-0.3, -0.25) is 4.79 Å². The number of piperidine rings is 1. The van der Waals surface area contributed by atoms with Crippen molar-refractivity contribution in [1.82, 2.24) is 34.0 Å². The smallest absolute Gasteiger partial charge is 0.326 e. The number of hydrogen-bond acceptors (Lipinski definition) is 6. The SMILES string of the molecule is O=C(Nc1cn2nc(-c3c(-c4ccc(F)cc4)ncn3C3CCN(CCC(F)(F)F)CC3)ccc2n1)c1cc(F)nc(F)c1. The first-order chi connectivity index (χ1) is 21.0. The highest BCUT2D eigenvalue weighted by atomic mass is 19.4. The number of anilines is 1. The number of halogens is 6. The van der Waals surface area contributed by atoms with Gasteiger partial charge in [0.05, 0.1) is 30.3 Å². The Morgan fingerprint density at radius 3 is 2.34 bits per heavy atom. The molecule has 228 valence electrons. The Labute approximate surface area is 246 Å². The molecule has 1 amide bonds. The van der Waals surface area contributed by atoms with Gasteiger partial charge in [-0.05, 0) is 49.2 Å². The molecular formula is C29H24F6N8O. The summed E-state index contributed by atoms with van der Waals surface area (Å²) in [5.74, 6) is -3.41. The summed E-state index contributed by atoms with van der Waals surface area (Å²) in [5, 5.41) is 7.17. The molecule has 5 aromatic rings. The fourth-order valence-electron chi connectivity index (χ4n) is 5.27. The minimum atomic E-state index is -4.21. The predicted molar refractivity (Wildman–Crippen MR) is 147 cm³/mol. The van der Waals surface area contributed by atoms with Crippen LogP contribution in [0.3, 0.4) is 0 Å². The van der Waals surface area contributed by atoms with Crippen LogP contribution < -0.4 is 5.32 Å². The van der Waals surface area contributed by atoms with E-state index in [1.165, 1.54) is 22.8 Å². The number of imidazole rings is 2. The highest BCUT2D eigenvalue weighted by Crippen LogP contribution is 2.36. The molecule has 1 fully saturated rings. The number of rotatable bonds is 7. The second kappa shape index (κ2) is 11.7. The normalized spacial score (nSPS) is 14.8. The predicted octanol–water partition coefficient (Wildman–Crippen LogP) is 5.91. The number of alkyl halides is 3. The molecule has 0 spiro atoms. The average molecular weight is 615 g/mol. The summed E-state index contributed by atoms with van der Waals surface area (Å²) in [6.07, 6.45) is -0.817. The molecule has 0 unspecified atom stereocenters. The molecule has 1 aliphatic heterocycles. The van der Waals surface area contributed by atoms with Crippen LogP contribution in [0.1, 0.15) is 35.7 Å². The Morgan fingerprint density at radius 2 is 1.66 bits per heavy atom. The van der Waals surface area contributed by atoms with E-state index in [9.17, 15) is 31.1 Å². The molecule has 9 nitrogen and oxygen atoms in total. The highest BCUT2D eigenvalue weighted by Gasteiger charge is 2.30. The van der Waals surface area contributed by atoms with Crippen LogP contribution in [0.4, 0.5) is 32.2 Å². The molecule has 44 heavy (non-hydrogen) atoms. The number of likely N-dealkylation sites (tertiary alicyclic amines) is 1. The lowest BCUT2D eigenvalue weighted by Gasteiger charge is -2.33. The molecule has 4 aromatic heterocycles. The number of aromatic nitrogens is 6. The van der Waals surface area contributed by atoms with Crippen LogP contribution in [0.2, 0.25) is 0 Å². The lowest BCUT2D eigenvalue weighted by atomic mass is 10.0. The van der Waals surface area contributed by atoms with E-state index in [4.69, 9.17) is 0 Å². The number of nitrogens with one attached hydrogen (secondary N) is 1. The Balaban J connectivity index is 1.30. The zero-order chi connectivity index (χ0) is 31.0. The number of hydrogen-bond donors (Lipinski definition) is 1. The Bertz CT molecular complexity index is 1790. The van der Waals surface area contributed by atoms with E-state index in [0.717, 1.165) is 12.1 Å². The highest BCUT2D eigenvalue weighted by molar-refractivity contribution is 6.03. The second-order valence-electron chi connectivity index (χ2n) is 10.4. The first-order valence-corrected chi connectivity index (χ1v) is 13.7. The molecule has 1 saturated heterocycles. The average Bonchev–Trinajstić information content (AvgIpc) is 3.59. The van der Waals surface area contributed by atoms with Crippen LogP contribution in [-0.2, 0) is 0 Å². The number of fused-ring (bicyclic) bond motifs is 1. The molecule has 1 aromatic carbocycles. The van der Waals surface area contributed by atoms with Crippen molar-refractivity contribution in [3.8, 4) is 22.6 Å². The lowest BCUT2D eigenvalue weighted by molar-refractivity contribution is -0.138. The third-order valence-corrected chi connectivity index (χ3v) is 7.40. The summed E-state index contributed by atoms with van der Waals surface area (Å²) in [7, 11) is 0. The van der Waals surface area contributed by atoms with Gasteiger partial charge in [0.2, 0.25) is 11.9 Å². The zero-order valence-corrected chi connectivity index (χ0v) is 22.9. The van der Waals surface area contributed by atoms with Crippen molar-refractivity contribution in [3.63, 3.8) is 0 Å². The van der Waals surface area contributed by atoms with Crippen LogP contribution in [-0.4, -0.2) is 65.8 Å². The Kier molecular flexibility index (Phi) is 7.80. The molecule has 15 heteroatoms. The maximum absolute atomic E-state index is 13.7. The van der Waals surface area contributed by atoms with Crippen molar-refractivity contribution in [1.29, 1.82) is 0 Å². The van der Waals surface area contributed by atoms with Gasteiger partial charge in [-0.25, -0.2) is 18.9 Å². The Hall–Kier alpha value is -4.79. The molecule has 1 aliphatic rings. The maximum Gasteiger partial charge on any atom is 0.390 e. The van der Waals surface area contributed by atoms with Crippen molar-refractivity contribution in [2.45, 2.75) is 31.5 Å². The lowest BCUT2D eigenvalue weighted by Crippen LogP contribution is -2.36. The quantitative estimate of drug-likeness (QED) is 0.181. The zero-order valence-electron chi connectivity index (χ0n) is 22.9. The molecule has 0 atom stereocenters. The van der Waals surface area contributed by atoms with Gasteiger partial charge in [-0.15, -0.1) is 0 Å². The van der Waals surface area contributed by atoms with E-state index in [-0.39, 0.29) is 24.0 Å². The summed E-state index contributed by atoms with van der Waals surface area (Å²) in [5.41, 5.74) is 2.35.